The van der Waals surface area contributed by atoms with Gasteiger partial charge in [-0.1, -0.05) is 19.3 Å². The minimum Gasteiger partial charge on any atom is -0.481 e. The molecule has 3 N–H and O–H groups in total. The molecule has 0 heterocycles. The van der Waals surface area contributed by atoms with Crippen molar-refractivity contribution in [1.82, 2.24) is 10.6 Å². The molecule has 0 aromatic rings. The highest BCUT2D eigenvalue weighted by Gasteiger charge is 2.36. The molecule has 1 aliphatic carbocycles. The Labute approximate surface area is 120 Å². The fourth-order valence-corrected chi connectivity index (χ4v) is 2.84. The second-order valence-electron chi connectivity index (χ2n) is 6.31. The van der Waals surface area contributed by atoms with Crippen LogP contribution in [0.5, 0.6) is 0 Å². The summed E-state index contributed by atoms with van der Waals surface area (Å²) >= 11 is 0. The van der Waals surface area contributed by atoms with Gasteiger partial charge in [-0.2, -0.15) is 0 Å². The third kappa shape index (κ3) is 5.36. The van der Waals surface area contributed by atoms with Crippen molar-refractivity contribution in [2.75, 3.05) is 13.7 Å². The maximum absolute atomic E-state index is 12.1. The van der Waals surface area contributed by atoms with Crippen molar-refractivity contribution in [2.45, 2.75) is 63.5 Å². The molecule has 0 saturated heterocycles. The van der Waals surface area contributed by atoms with Gasteiger partial charge in [0.2, 0.25) is 0 Å². The lowest BCUT2D eigenvalue weighted by Crippen LogP contribution is -2.58. The van der Waals surface area contributed by atoms with Crippen LogP contribution in [0.3, 0.4) is 0 Å². The molecule has 6 nitrogen and oxygen atoms in total. The Bertz CT molecular complexity index is 349. The largest absolute Gasteiger partial charge is 0.481 e. The van der Waals surface area contributed by atoms with Crippen LogP contribution in [0.2, 0.25) is 0 Å². The normalized spacial score (nSPS) is 18.4. The number of aliphatic carboxylic acids is 1. The molecule has 1 saturated carbocycles. The number of carboxylic acid groups (broad SMARTS) is 1. The van der Waals surface area contributed by atoms with Gasteiger partial charge in [-0.25, -0.2) is 4.79 Å². The maximum atomic E-state index is 12.1. The van der Waals surface area contributed by atoms with Gasteiger partial charge in [0, 0.05) is 7.11 Å². The Kier molecular flexibility index (Phi) is 5.80. The highest BCUT2D eigenvalue weighted by Crippen LogP contribution is 2.31. The molecule has 1 aliphatic rings. The predicted octanol–water partition coefficient (Wildman–Crippen LogP) is 1.89. The van der Waals surface area contributed by atoms with Crippen LogP contribution in [0.25, 0.3) is 0 Å². The monoisotopic (exact) mass is 286 g/mol. The molecule has 0 atom stereocenters. The van der Waals surface area contributed by atoms with Crippen LogP contribution in [0, 0.1) is 0 Å². The number of carboxylic acids is 1. The van der Waals surface area contributed by atoms with Crippen molar-refractivity contribution in [3.8, 4) is 0 Å². The zero-order chi connectivity index (χ0) is 15.2. The molecule has 116 valence electrons. The number of nitrogens with one attached hydrogen (secondary N) is 2. The maximum Gasteiger partial charge on any atom is 0.315 e. The van der Waals surface area contributed by atoms with E-state index in [0.717, 1.165) is 32.1 Å². The Morgan fingerprint density at radius 2 is 1.85 bits per heavy atom. The molecule has 0 aromatic heterocycles. The number of methoxy groups -OCH3 is 1. The fraction of sp³-hybridized carbons (Fsp3) is 0.857. The molecule has 0 aromatic carbocycles. The van der Waals surface area contributed by atoms with E-state index in [4.69, 9.17) is 9.84 Å². The van der Waals surface area contributed by atoms with E-state index in [-0.39, 0.29) is 12.5 Å². The first-order valence-corrected chi connectivity index (χ1v) is 7.10. The molecule has 0 bridgehead atoms. The van der Waals surface area contributed by atoms with Gasteiger partial charge in [0.15, 0.2) is 0 Å². The van der Waals surface area contributed by atoms with Crippen LogP contribution in [-0.2, 0) is 9.53 Å². The second kappa shape index (κ2) is 6.92. The van der Waals surface area contributed by atoms with Crippen molar-refractivity contribution < 1.29 is 19.4 Å². The predicted molar refractivity (Wildman–Crippen MR) is 75.7 cm³/mol. The molecule has 2 amide bonds. The van der Waals surface area contributed by atoms with Crippen LogP contribution >= 0.6 is 0 Å². The van der Waals surface area contributed by atoms with E-state index in [0.29, 0.717) is 6.61 Å². The highest BCUT2D eigenvalue weighted by atomic mass is 16.5. The minimum atomic E-state index is -0.872. The van der Waals surface area contributed by atoms with E-state index in [1.54, 1.807) is 7.11 Å². The smallest absolute Gasteiger partial charge is 0.315 e. The van der Waals surface area contributed by atoms with E-state index in [1.807, 2.05) is 13.8 Å². The standard InChI is InChI=1S/C14H26N2O4/c1-13(2,10-20-3)15-12(19)16-14(9-11(17)18)7-5-4-6-8-14/h4-10H2,1-3H3,(H,17,18)(H2,15,16,19). The highest BCUT2D eigenvalue weighted by molar-refractivity contribution is 5.77. The zero-order valence-electron chi connectivity index (χ0n) is 12.6. The van der Waals surface area contributed by atoms with Crippen molar-refractivity contribution in [3.05, 3.63) is 0 Å². The summed E-state index contributed by atoms with van der Waals surface area (Å²) in [4.78, 5) is 23.2. The number of carbonyl (C=O) groups excluding carboxylic acids is 1. The topological polar surface area (TPSA) is 87.7 Å². The minimum absolute atomic E-state index is 0.0227. The summed E-state index contributed by atoms with van der Waals surface area (Å²) in [5.74, 6) is -0.872. The number of amides is 2. The van der Waals surface area contributed by atoms with Crippen LogP contribution in [-0.4, -0.2) is 41.9 Å². The van der Waals surface area contributed by atoms with Crippen LogP contribution in [0.1, 0.15) is 52.4 Å². The van der Waals surface area contributed by atoms with Crippen LogP contribution in [0.15, 0.2) is 0 Å². The molecule has 1 rings (SSSR count). The van der Waals surface area contributed by atoms with Gasteiger partial charge in [0.05, 0.1) is 24.1 Å². The molecule has 0 aliphatic heterocycles. The number of urea groups is 1. The molecule has 20 heavy (non-hydrogen) atoms. The van der Waals surface area contributed by atoms with E-state index < -0.39 is 17.0 Å². The molecular weight excluding hydrogens is 260 g/mol. The Balaban J connectivity index is 2.65. The number of ether oxygens (including phenoxy) is 1. The van der Waals surface area contributed by atoms with E-state index in [1.165, 1.54) is 0 Å². The Hall–Kier alpha value is -1.30. The van der Waals surface area contributed by atoms with Crippen molar-refractivity contribution in [3.63, 3.8) is 0 Å². The molecule has 6 heteroatoms. The van der Waals surface area contributed by atoms with E-state index in [2.05, 4.69) is 10.6 Å². The molecule has 1 fully saturated rings. The quantitative estimate of drug-likeness (QED) is 0.696. The van der Waals surface area contributed by atoms with Gasteiger partial charge in [-0.3, -0.25) is 4.79 Å². The van der Waals surface area contributed by atoms with Gasteiger partial charge >= 0.3 is 12.0 Å². The second-order valence-corrected chi connectivity index (χ2v) is 6.31. The first-order chi connectivity index (χ1) is 9.29. The average Bonchev–Trinajstić information content (AvgIpc) is 2.26. The van der Waals surface area contributed by atoms with Crippen molar-refractivity contribution in [2.24, 2.45) is 0 Å². The van der Waals surface area contributed by atoms with Gasteiger partial charge < -0.3 is 20.5 Å². The lowest BCUT2D eigenvalue weighted by atomic mass is 9.79. The van der Waals surface area contributed by atoms with Crippen LogP contribution in [0.4, 0.5) is 4.79 Å². The molecule has 0 radical (unpaired) electrons. The average molecular weight is 286 g/mol. The van der Waals surface area contributed by atoms with Gasteiger partial charge in [-0.05, 0) is 26.7 Å². The molecular formula is C14H26N2O4. The summed E-state index contributed by atoms with van der Waals surface area (Å²) < 4.78 is 5.05. The summed E-state index contributed by atoms with van der Waals surface area (Å²) in [6.45, 7) is 4.12. The third-order valence-electron chi connectivity index (χ3n) is 3.64. The third-order valence-corrected chi connectivity index (χ3v) is 3.64. The first-order valence-electron chi connectivity index (χ1n) is 7.10. The number of carbonyl (C=O) groups is 2. The van der Waals surface area contributed by atoms with E-state index in [9.17, 15) is 9.59 Å². The molecule has 0 unspecified atom stereocenters. The summed E-state index contributed by atoms with van der Waals surface area (Å²) in [5, 5.41) is 14.8. The summed E-state index contributed by atoms with van der Waals surface area (Å²) in [6.07, 6.45) is 4.42. The lowest BCUT2D eigenvalue weighted by molar-refractivity contribution is -0.139. The van der Waals surface area contributed by atoms with Gasteiger partial charge in [0.25, 0.3) is 0 Å². The van der Waals surface area contributed by atoms with E-state index >= 15 is 0 Å². The first kappa shape index (κ1) is 16.8. The SMILES string of the molecule is COCC(C)(C)NC(=O)NC1(CC(=O)O)CCCCC1. The van der Waals surface area contributed by atoms with Gasteiger partial charge in [0.1, 0.15) is 0 Å². The Morgan fingerprint density at radius 1 is 1.25 bits per heavy atom. The lowest BCUT2D eigenvalue weighted by Gasteiger charge is -2.38. The number of hydrogen-bond acceptors (Lipinski definition) is 3. The van der Waals surface area contributed by atoms with Crippen molar-refractivity contribution in [1.29, 1.82) is 0 Å². The molecule has 0 spiro atoms. The summed E-state index contributed by atoms with van der Waals surface area (Å²) in [5.41, 5.74) is -1.10. The number of rotatable bonds is 6. The van der Waals surface area contributed by atoms with Crippen molar-refractivity contribution >= 4 is 12.0 Å². The number of hydrogen-bond donors (Lipinski definition) is 3. The Morgan fingerprint density at radius 3 is 2.35 bits per heavy atom. The summed E-state index contributed by atoms with van der Waals surface area (Å²) in [6, 6.07) is -0.324. The van der Waals surface area contributed by atoms with Crippen LogP contribution < -0.4 is 10.6 Å². The zero-order valence-corrected chi connectivity index (χ0v) is 12.6. The fourth-order valence-electron chi connectivity index (χ4n) is 2.84. The summed E-state index contributed by atoms with van der Waals surface area (Å²) in [7, 11) is 1.58. The van der Waals surface area contributed by atoms with Gasteiger partial charge in [-0.15, -0.1) is 0 Å².